The summed E-state index contributed by atoms with van der Waals surface area (Å²) in [5, 5.41) is 6.29. The number of ether oxygens (including phenoxy) is 1. The van der Waals surface area contributed by atoms with Gasteiger partial charge in [-0.2, -0.15) is 0 Å². The second-order valence-corrected chi connectivity index (χ2v) is 8.40. The van der Waals surface area contributed by atoms with Crippen molar-refractivity contribution in [1.82, 2.24) is 10.3 Å². The van der Waals surface area contributed by atoms with E-state index in [4.69, 9.17) is 4.74 Å². The number of carbonyl (C=O) groups excluding carboxylic acids is 2. The van der Waals surface area contributed by atoms with Crippen molar-refractivity contribution < 1.29 is 14.3 Å². The molecule has 0 aliphatic carbocycles. The number of amides is 1. The van der Waals surface area contributed by atoms with Crippen LogP contribution in [0.5, 0.6) is 5.75 Å². The van der Waals surface area contributed by atoms with Gasteiger partial charge in [-0.3, -0.25) is 14.6 Å². The molecule has 6 nitrogen and oxygen atoms in total. The molecule has 0 radical (unpaired) electrons. The Balaban J connectivity index is 1.55. The number of benzene rings is 2. The molecule has 1 aromatic heterocycles. The molecule has 6 heteroatoms. The zero-order valence-corrected chi connectivity index (χ0v) is 18.3. The van der Waals surface area contributed by atoms with Crippen LogP contribution in [0, 0.1) is 0 Å². The topological polar surface area (TPSA) is 80.3 Å². The van der Waals surface area contributed by atoms with Crippen molar-refractivity contribution in [1.29, 1.82) is 0 Å². The highest BCUT2D eigenvalue weighted by molar-refractivity contribution is 6.09. The van der Waals surface area contributed by atoms with Gasteiger partial charge < -0.3 is 15.4 Å². The number of allylic oxidation sites excluding steroid dienone is 1. The standard InChI is InChI=1S/C26H25N3O3/c1-26(2)15-18-8-11-21(32-3)13-22(18)23(29-26)14-24(30)17-6-9-20(10-7-17)28-25(31)19-5-4-12-27-16-19/h4-14,16,29H,15H2,1-3H3,(H,28,31). The van der Waals surface area contributed by atoms with Crippen LogP contribution >= 0.6 is 0 Å². The Kier molecular flexibility index (Phi) is 5.77. The van der Waals surface area contributed by atoms with E-state index in [9.17, 15) is 9.59 Å². The monoisotopic (exact) mass is 427 g/mol. The fourth-order valence-electron chi connectivity index (χ4n) is 3.79. The van der Waals surface area contributed by atoms with Gasteiger partial charge in [0, 0.05) is 46.5 Å². The van der Waals surface area contributed by atoms with Crippen molar-refractivity contribution >= 4 is 23.1 Å². The lowest BCUT2D eigenvalue weighted by molar-refractivity contribution is 0.102. The van der Waals surface area contributed by atoms with Crippen molar-refractivity contribution in [3.63, 3.8) is 0 Å². The average molecular weight is 428 g/mol. The van der Waals surface area contributed by atoms with E-state index in [0.717, 1.165) is 23.4 Å². The van der Waals surface area contributed by atoms with E-state index < -0.39 is 0 Å². The fraction of sp³-hybridized carbons (Fsp3) is 0.192. The van der Waals surface area contributed by atoms with E-state index in [1.54, 1.807) is 55.8 Å². The van der Waals surface area contributed by atoms with Crippen LogP contribution in [0.3, 0.4) is 0 Å². The molecule has 162 valence electrons. The number of hydrogen-bond donors (Lipinski definition) is 2. The summed E-state index contributed by atoms with van der Waals surface area (Å²) in [6, 6.07) is 16.2. The minimum Gasteiger partial charge on any atom is -0.497 e. The lowest BCUT2D eigenvalue weighted by Gasteiger charge is -2.35. The predicted octanol–water partition coefficient (Wildman–Crippen LogP) is 4.49. The summed E-state index contributed by atoms with van der Waals surface area (Å²) >= 11 is 0. The van der Waals surface area contributed by atoms with E-state index in [0.29, 0.717) is 16.8 Å². The SMILES string of the molecule is COc1ccc2c(c1)C(=CC(=O)c1ccc(NC(=O)c3cccnc3)cc1)NC(C)(C)C2. The number of nitrogens with one attached hydrogen (secondary N) is 2. The number of carbonyl (C=O) groups is 2. The van der Waals surface area contributed by atoms with Gasteiger partial charge in [0.25, 0.3) is 5.91 Å². The van der Waals surface area contributed by atoms with Crippen molar-refractivity contribution in [2.45, 2.75) is 25.8 Å². The highest BCUT2D eigenvalue weighted by atomic mass is 16.5. The number of nitrogens with zero attached hydrogens (tertiary/aromatic N) is 1. The summed E-state index contributed by atoms with van der Waals surface area (Å²) in [4.78, 5) is 29.2. The van der Waals surface area contributed by atoms with Crippen LogP contribution in [0.4, 0.5) is 5.69 Å². The first-order valence-corrected chi connectivity index (χ1v) is 10.4. The molecule has 0 fully saturated rings. The smallest absolute Gasteiger partial charge is 0.257 e. The van der Waals surface area contributed by atoms with Crippen LogP contribution in [0.15, 0.2) is 73.1 Å². The summed E-state index contributed by atoms with van der Waals surface area (Å²) in [6.07, 6.45) is 5.60. The lowest BCUT2D eigenvalue weighted by Crippen LogP contribution is -2.43. The number of anilines is 1. The van der Waals surface area contributed by atoms with Crippen molar-refractivity contribution in [3.8, 4) is 5.75 Å². The zero-order valence-electron chi connectivity index (χ0n) is 18.3. The van der Waals surface area contributed by atoms with Crippen LogP contribution in [0.1, 0.15) is 45.7 Å². The molecule has 2 aromatic carbocycles. The Bertz CT molecular complexity index is 1180. The van der Waals surface area contributed by atoms with E-state index in [-0.39, 0.29) is 17.2 Å². The first-order chi connectivity index (χ1) is 15.3. The molecule has 1 aliphatic heterocycles. The first kappa shape index (κ1) is 21.3. The molecule has 4 rings (SSSR count). The molecular weight excluding hydrogens is 402 g/mol. The molecule has 3 aromatic rings. The van der Waals surface area contributed by atoms with Gasteiger partial charge in [-0.05, 0) is 74.4 Å². The maximum absolute atomic E-state index is 13.0. The van der Waals surface area contributed by atoms with Crippen molar-refractivity contribution in [2.24, 2.45) is 0 Å². The molecule has 32 heavy (non-hydrogen) atoms. The van der Waals surface area contributed by atoms with Gasteiger partial charge in [0.2, 0.25) is 0 Å². The normalized spacial score (nSPS) is 15.4. The van der Waals surface area contributed by atoms with E-state index >= 15 is 0 Å². The second kappa shape index (κ2) is 8.67. The molecule has 1 amide bonds. The second-order valence-electron chi connectivity index (χ2n) is 8.40. The summed E-state index contributed by atoms with van der Waals surface area (Å²) in [7, 11) is 1.63. The van der Waals surface area contributed by atoms with Gasteiger partial charge in [-0.25, -0.2) is 0 Å². The van der Waals surface area contributed by atoms with Crippen molar-refractivity contribution in [3.05, 3.63) is 95.3 Å². The quantitative estimate of drug-likeness (QED) is 0.463. The molecule has 0 unspecified atom stereocenters. The molecule has 0 bridgehead atoms. The van der Waals surface area contributed by atoms with Crippen molar-refractivity contribution in [2.75, 3.05) is 12.4 Å². The minimum absolute atomic E-state index is 0.121. The van der Waals surface area contributed by atoms with Crippen LogP contribution in [-0.2, 0) is 6.42 Å². The molecule has 0 saturated carbocycles. The maximum Gasteiger partial charge on any atom is 0.257 e. The van der Waals surface area contributed by atoms with E-state index in [1.165, 1.54) is 11.8 Å². The lowest BCUT2D eigenvalue weighted by atomic mass is 9.85. The highest BCUT2D eigenvalue weighted by Gasteiger charge is 2.28. The van der Waals surface area contributed by atoms with Crippen LogP contribution < -0.4 is 15.4 Å². The van der Waals surface area contributed by atoms with Gasteiger partial charge in [0.05, 0.1) is 12.7 Å². The van der Waals surface area contributed by atoms with Crippen LogP contribution in [-0.4, -0.2) is 29.3 Å². The van der Waals surface area contributed by atoms with Crippen LogP contribution in [0.2, 0.25) is 0 Å². The number of aromatic nitrogens is 1. The largest absolute Gasteiger partial charge is 0.497 e. The van der Waals surface area contributed by atoms with Gasteiger partial charge in [0.1, 0.15) is 5.75 Å². The van der Waals surface area contributed by atoms with E-state index in [1.807, 2.05) is 12.1 Å². The van der Waals surface area contributed by atoms with Gasteiger partial charge in [-0.15, -0.1) is 0 Å². The Labute approximate surface area is 187 Å². The zero-order chi connectivity index (χ0) is 22.7. The number of methoxy groups -OCH3 is 1. The fourth-order valence-corrected chi connectivity index (χ4v) is 3.79. The van der Waals surface area contributed by atoms with E-state index in [2.05, 4.69) is 35.5 Å². The molecule has 0 spiro atoms. The molecule has 2 N–H and O–H groups in total. The number of fused-ring (bicyclic) bond motifs is 1. The Morgan fingerprint density at radius 3 is 2.56 bits per heavy atom. The summed E-state index contributed by atoms with van der Waals surface area (Å²) in [5.41, 5.74) is 4.35. The summed E-state index contributed by atoms with van der Waals surface area (Å²) < 4.78 is 5.37. The van der Waals surface area contributed by atoms with Gasteiger partial charge in [0.15, 0.2) is 5.78 Å². The third kappa shape index (κ3) is 4.70. The number of pyridine rings is 1. The average Bonchev–Trinajstić information content (AvgIpc) is 2.79. The van der Waals surface area contributed by atoms with Gasteiger partial charge >= 0.3 is 0 Å². The third-order valence-electron chi connectivity index (χ3n) is 5.34. The van der Waals surface area contributed by atoms with Gasteiger partial charge in [-0.1, -0.05) is 6.07 Å². The Hall–Kier alpha value is -3.93. The molecule has 0 atom stereocenters. The minimum atomic E-state index is -0.251. The Morgan fingerprint density at radius 2 is 1.88 bits per heavy atom. The number of ketones is 1. The summed E-state index contributed by atoms with van der Waals surface area (Å²) in [5.74, 6) is 0.375. The molecular formula is C26H25N3O3. The highest BCUT2D eigenvalue weighted by Crippen LogP contribution is 2.32. The molecule has 0 saturated heterocycles. The third-order valence-corrected chi connectivity index (χ3v) is 5.34. The molecule has 2 heterocycles. The Morgan fingerprint density at radius 1 is 1.09 bits per heavy atom. The number of hydrogen-bond acceptors (Lipinski definition) is 5. The molecule has 1 aliphatic rings. The van der Waals surface area contributed by atoms with Crippen LogP contribution in [0.25, 0.3) is 5.70 Å². The maximum atomic E-state index is 13.0. The predicted molar refractivity (Wildman–Crippen MR) is 125 cm³/mol. The first-order valence-electron chi connectivity index (χ1n) is 10.4. The number of rotatable bonds is 5. The summed E-state index contributed by atoms with van der Waals surface area (Å²) in [6.45, 7) is 4.22.